The molecular formula is C34H46FN5O6S2. The van der Waals surface area contributed by atoms with E-state index >= 15 is 0 Å². The van der Waals surface area contributed by atoms with Gasteiger partial charge < -0.3 is 25.3 Å². The number of rotatable bonds is 15. The van der Waals surface area contributed by atoms with Crippen LogP contribution in [-0.4, -0.2) is 94.0 Å². The standard InChI is InChI=1S/C34H46FN5O6S2/c1-21(2)17-39(48(45,46)31-16-27(35)29(41)14-23(31)5)19-30(42)28(15-25-10-8-7-9-11-25)37-33(43)32(22(3)4)40-13-12-38(34(40)44)18-26-20-47-24(6)36-26/h7-11,14,16,20-22,28,30,32,41-42H,12-13,15,17-19H2,1-6H3,(H,37,43)/t28-,30+,32?/m0/s1. The zero-order valence-corrected chi connectivity index (χ0v) is 29.9. The summed E-state index contributed by atoms with van der Waals surface area (Å²) in [6.45, 7) is 11.4. The Morgan fingerprint density at radius 3 is 2.40 bits per heavy atom. The number of aliphatic hydroxyl groups excluding tert-OH is 1. The fraction of sp³-hybridized carbons (Fsp3) is 0.500. The number of phenols is 1. The van der Waals surface area contributed by atoms with Crippen molar-refractivity contribution in [2.24, 2.45) is 11.8 Å². The number of aromatic hydroxyl groups is 1. The van der Waals surface area contributed by atoms with Crippen LogP contribution in [-0.2, 0) is 27.8 Å². The monoisotopic (exact) mass is 703 g/mol. The minimum absolute atomic E-state index is 0.0125. The maximum Gasteiger partial charge on any atom is 0.321 e. The molecule has 48 heavy (non-hydrogen) atoms. The van der Waals surface area contributed by atoms with Crippen molar-refractivity contribution in [1.82, 2.24) is 24.4 Å². The lowest BCUT2D eigenvalue weighted by molar-refractivity contribution is -0.128. The van der Waals surface area contributed by atoms with Gasteiger partial charge >= 0.3 is 6.03 Å². The van der Waals surface area contributed by atoms with E-state index in [4.69, 9.17) is 0 Å². The summed E-state index contributed by atoms with van der Waals surface area (Å²) in [6.07, 6.45) is -1.19. The summed E-state index contributed by atoms with van der Waals surface area (Å²) < 4.78 is 43.2. The Labute approximate surface area is 286 Å². The number of nitrogens with zero attached hydrogens (tertiary/aromatic N) is 4. The number of benzene rings is 2. The van der Waals surface area contributed by atoms with Crippen molar-refractivity contribution in [2.75, 3.05) is 26.2 Å². The Morgan fingerprint density at radius 2 is 1.79 bits per heavy atom. The van der Waals surface area contributed by atoms with E-state index in [2.05, 4.69) is 10.3 Å². The van der Waals surface area contributed by atoms with Crippen LogP contribution in [0.25, 0.3) is 0 Å². The van der Waals surface area contributed by atoms with E-state index in [1.807, 2.05) is 70.3 Å². The second-order valence-electron chi connectivity index (χ2n) is 13.1. The number of carbonyl (C=O) groups is 2. The average molecular weight is 704 g/mol. The van der Waals surface area contributed by atoms with Crippen molar-refractivity contribution in [3.8, 4) is 5.75 Å². The maximum absolute atomic E-state index is 14.4. The van der Waals surface area contributed by atoms with E-state index in [-0.39, 0.29) is 41.3 Å². The molecule has 1 fully saturated rings. The Bertz CT molecular complexity index is 1680. The molecule has 4 rings (SSSR count). The van der Waals surface area contributed by atoms with Gasteiger partial charge in [0.05, 0.1) is 34.3 Å². The molecule has 2 heterocycles. The van der Waals surface area contributed by atoms with E-state index < -0.39 is 52.2 Å². The van der Waals surface area contributed by atoms with Crippen molar-refractivity contribution in [1.29, 1.82) is 0 Å². The highest BCUT2D eigenvalue weighted by atomic mass is 32.2. The Hall–Kier alpha value is -3.59. The van der Waals surface area contributed by atoms with E-state index in [0.717, 1.165) is 32.7 Å². The van der Waals surface area contributed by atoms with Gasteiger partial charge in [-0.3, -0.25) is 4.79 Å². The molecule has 262 valence electrons. The third-order valence-corrected chi connectivity index (χ3v) is 11.1. The Balaban J connectivity index is 1.60. The van der Waals surface area contributed by atoms with Gasteiger partial charge in [-0.15, -0.1) is 11.3 Å². The predicted octanol–water partition coefficient (Wildman–Crippen LogP) is 4.30. The van der Waals surface area contributed by atoms with Crippen LogP contribution in [0, 0.1) is 31.5 Å². The van der Waals surface area contributed by atoms with Gasteiger partial charge in [0.2, 0.25) is 15.9 Å². The maximum atomic E-state index is 14.4. The normalized spacial score (nSPS) is 15.9. The molecule has 3 N–H and O–H groups in total. The minimum atomic E-state index is -4.33. The van der Waals surface area contributed by atoms with Gasteiger partial charge in [0.25, 0.3) is 0 Å². The summed E-state index contributed by atoms with van der Waals surface area (Å²) in [6, 6.07) is 8.97. The number of urea groups is 1. The number of carbonyl (C=O) groups excluding carboxylic acids is 2. The zero-order valence-electron chi connectivity index (χ0n) is 28.3. The molecule has 2 aromatic carbocycles. The zero-order chi connectivity index (χ0) is 35.3. The third kappa shape index (κ3) is 8.90. The number of hydrogen-bond donors (Lipinski definition) is 3. The molecule has 1 aliphatic heterocycles. The number of halogens is 1. The lowest BCUT2D eigenvalue weighted by Gasteiger charge is -2.34. The Morgan fingerprint density at radius 1 is 1.10 bits per heavy atom. The van der Waals surface area contributed by atoms with Crippen LogP contribution in [0.3, 0.4) is 0 Å². The van der Waals surface area contributed by atoms with Gasteiger partial charge in [-0.1, -0.05) is 58.0 Å². The SMILES string of the molecule is Cc1nc(CN2CCN(C(C(=O)N[C@@H](Cc3ccccc3)[C@H](O)CN(CC(C)C)S(=O)(=O)c3cc(F)c(O)cc3C)C(C)C)C2=O)cs1. The molecule has 3 atom stereocenters. The van der Waals surface area contributed by atoms with Gasteiger partial charge in [-0.2, -0.15) is 4.31 Å². The van der Waals surface area contributed by atoms with Crippen molar-refractivity contribution in [3.05, 3.63) is 75.5 Å². The molecular weight excluding hydrogens is 658 g/mol. The number of phenolic OH excluding ortho intramolecular Hbond substituents is 1. The van der Waals surface area contributed by atoms with Crippen LogP contribution in [0.4, 0.5) is 9.18 Å². The van der Waals surface area contributed by atoms with Crippen molar-refractivity contribution >= 4 is 33.3 Å². The molecule has 0 spiro atoms. The number of thiazole rings is 1. The van der Waals surface area contributed by atoms with Gasteiger partial charge in [-0.25, -0.2) is 22.6 Å². The first kappa shape index (κ1) is 37.2. The summed E-state index contributed by atoms with van der Waals surface area (Å²) in [5, 5.41) is 27.3. The van der Waals surface area contributed by atoms with Crippen molar-refractivity contribution in [2.45, 2.75) is 77.6 Å². The number of amides is 3. The molecule has 14 heteroatoms. The first-order chi connectivity index (χ1) is 22.6. The van der Waals surface area contributed by atoms with Crippen molar-refractivity contribution < 1.29 is 32.6 Å². The van der Waals surface area contributed by atoms with E-state index in [0.29, 0.717) is 19.6 Å². The highest BCUT2D eigenvalue weighted by Gasteiger charge is 2.41. The third-order valence-electron chi connectivity index (χ3n) is 8.29. The average Bonchev–Trinajstić information content (AvgIpc) is 3.58. The molecule has 3 aromatic rings. The fourth-order valence-corrected chi connectivity index (χ4v) is 8.43. The molecule has 0 aliphatic carbocycles. The number of aliphatic hydroxyl groups is 1. The summed E-state index contributed by atoms with van der Waals surface area (Å²) >= 11 is 1.51. The number of aryl methyl sites for hydroxylation is 2. The lowest BCUT2D eigenvalue weighted by atomic mass is 9.97. The molecule has 3 amide bonds. The number of aromatic nitrogens is 1. The molecule has 1 aliphatic rings. The smallest absolute Gasteiger partial charge is 0.321 e. The molecule has 0 saturated carbocycles. The molecule has 1 saturated heterocycles. The largest absolute Gasteiger partial charge is 0.505 e. The van der Waals surface area contributed by atoms with Crippen LogP contribution in [0.2, 0.25) is 0 Å². The number of nitrogens with one attached hydrogen (secondary N) is 1. The summed E-state index contributed by atoms with van der Waals surface area (Å²) in [7, 11) is -4.33. The topological polar surface area (TPSA) is 143 Å². The fourth-order valence-electron chi connectivity index (χ4n) is 5.99. The highest BCUT2D eigenvalue weighted by Crippen LogP contribution is 2.28. The van der Waals surface area contributed by atoms with Crippen LogP contribution in [0.15, 0.2) is 52.7 Å². The molecule has 0 radical (unpaired) electrons. The lowest BCUT2D eigenvalue weighted by Crippen LogP contribution is -2.57. The van der Waals surface area contributed by atoms with Gasteiger partial charge in [0.1, 0.15) is 6.04 Å². The summed E-state index contributed by atoms with van der Waals surface area (Å²) in [5.41, 5.74) is 1.75. The van der Waals surface area contributed by atoms with Crippen molar-refractivity contribution in [3.63, 3.8) is 0 Å². The van der Waals surface area contributed by atoms with Gasteiger partial charge in [-0.05, 0) is 55.4 Å². The second kappa shape index (κ2) is 15.7. The van der Waals surface area contributed by atoms with Gasteiger partial charge in [0.15, 0.2) is 11.6 Å². The van der Waals surface area contributed by atoms with Crippen LogP contribution in [0.1, 0.15) is 49.5 Å². The van der Waals surface area contributed by atoms with Gasteiger partial charge in [0, 0.05) is 31.6 Å². The Kier molecular flexibility index (Phi) is 12.2. The van der Waals surface area contributed by atoms with E-state index in [9.17, 15) is 32.6 Å². The number of hydrogen-bond acceptors (Lipinski definition) is 8. The molecule has 11 nitrogen and oxygen atoms in total. The highest BCUT2D eigenvalue weighted by molar-refractivity contribution is 7.89. The summed E-state index contributed by atoms with van der Waals surface area (Å²) in [5.74, 6) is -2.62. The molecule has 0 bridgehead atoms. The minimum Gasteiger partial charge on any atom is -0.505 e. The molecule has 1 unspecified atom stereocenters. The first-order valence-electron chi connectivity index (χ1n) is 16.1. The van der Waals surface area contributed by atoms with Crippen LogP contribution >= 0.6 is 11.3 Å². The summed E-state index contributed by atoms with van der Waals surface area (Å²) in [4.78, 5) is 34.9. The molecule has 1 aromatic heterocycles. The second-order valence-corrected chi connectivity index (χ2v) is 16.1. The van der Waals surface area contributed by atoms with Crippen LogP contribution < -0.4 is 5.32 Å². The quantitative estimate of drug-likeness (QED) is 0.214. The number of sulfonamides is 1. The first-order valence-corrected chi connectivity index (χ1v) is 18.4. The van der Waals surface area contributed by atoms with E-state index in [1.165, 1.54) is 18.3 Å². The van der Waals surface area contributed by atoms with Crippen LogP contribution in [0.5, 0.6) is 5.75 Å². The predicted molar refractivity (Wildman–Crippen MR) is 182 cm³/mol. The van der Waals surface area contributed by atoms with E-state index in [1.54, 1.807) is 9.80 Å².